The van der Waals surface area contributed by atoms with Gasteiger partial charge in [-0.05, 0) is 64.5 Å². The molecule has 3 nitrogen and oxygen atoms in total. The van der Waals surface area contributed by atoms with Gasteiger partial charge in [0.05, 0.1) is 4.47 Å². The third-order valence-electron chi connectivity index (χ3n) is 3.78. The minimum atomic E-state index is -0.194. The lowest BCUT2D eigenvalue weighted by atomic mass is 10.0. The zero-order valence-corrected chi connectivity index (χ0v) is 16.6. The first kappa shape index (κ1) is 18.8. The predicted molar refractivity (Wildman–Crippen MR) is 103 cm³/mol. The number of ether oxygens (including phenoxy) is 1. The Labute approximate surface area is 156 Å². The van der Waals surface area contributed by atoms with Crippen molar-refractivity contribution in [2.75, 3.05) is 11.9 Å². The monoisotopic (exact) mass is 409 g/mol. The minimum Gasteiger partial charge on any atom is -0.483 e. The van der Waals surface area contributed by atoms with E-state index < -0.39 is 0 Å². The predicted octanol–water partition coefficient (Wildman–Crippen LogP) is 5.86. The van der Waals surface area contributed by atoms with E-state index in [1.165, 1.54) is 0 Å². The second-order valence-corrected chi connectivity index (χ2v) is 7.19. The van der Waals surface area contributed by atoms with Crippen LogP contribution in [-0.4, -0.2) is 12.5 Å². The fourth-order valence-corrected chi connectivity index (χ4v) is 3.14. The molecule has 1 N–H and O–H groups in total. The molecular formula is C19H21BrClNO2. The van der Waals surface area contributed by atoms with Gasteiger partial charge in [-0.2, -0.15) is 0 Å². The van der Waals surface area contributed by atoms with Crippen molar-refractivity contribution in [1.82, 2.24) is 0 Å². The van der Waals surface area contributed by atoms with E-state index in [-0.39, 0.29) is 12.5 Å². The zero-order valence-electron chi connectivity index (χ0n) is 14.2. The maximum absolute atomic E-state index is 12.2. The van der Waals surface area contributed by atoms with E-state index in [0.717, 1.165) is 26.9 Å². The van der Waals surface area contributed by atoms with Crippen molar-refractivity contribution in [3.05, 3.63) is 56.5 Å². The summed E-state index contributed by atoms with van der Waals surface area (Å²) in [5, 5.41) is 3.62. The highest BCUT2D eigenvalue weighted by Gasteiger charge is 2.13. The van der Waals surface area contributed by atoms with Crippen molar-refractivity contribution in [2.24, 2.45) is 0 Å². The average molecular weight is 411 g/mol. The van der Waals surface area contributed by atoms with Gasteiger partial charge < -0.3 is 10.1 Å². The molecule has 2 aromatic rings. The zero-order chi connectivity index (χ0) is 17.9. The summed E-state index contributed by atoms with van der Waals surface area (Å²) in [6, 6.07) is 9.63. The molecule has 0 atom stereocenters. The van der Waals surface area contributed by atoms with Gasteiger partial charge in [0, 0.05) is 10.7 Å². The number of carbonyl (C=O) groups excluding carboxylic acids is 1. The number of nitrogens with one attached hydrogen (secondary N) is 1. The number of hydrogen-bond donors (Lipinski definition) is 1. The molecule has 0 spiro atoms. The second-order valence-electron chi connectivity index (χ2n) is 6.02. The Balaban J connectivity index is 2.07. The van der Waals surface area contributed by atoms with Crippen LogP contribution in [0.2, 0.25) is 5.02 Å². The lowest BCUT2D eigenvalue weighted by Crippen LogP contribution is -2.21. The van der Waals surface area contributed by atoms with Gasteiger partial charge in [-0.15, -0.1) is 0 Å². The van der Waals surface area contributed by atoms with Gasteiger partial charge in [0.1, 0.15) is 5.75 Å². The highest BCUT2D eigenvalue weighted by molar-refractivity contribution is 9.10. The van der Waals surface area contributed by atoms with Crippen molar-refractivity contribution in [1.29, 1.82) is 0 Å². The van der Waals surface area contributed by atoms with E-state index in [1.807, 2.05) is 44.2 Å². The average Bonchev–Trinajstić information content (AvgIpc) is 2.55. The Morgan fingerprint density at radius 1 is 1.29 bits per heavy atom. The first-order valence-electron chi connectivity index (χ1n) is 7.78. The molecule has 0 radical (unpaired) electrons. The molecule has 2 rings (SSSR count). The number of halogens is 2. The summed E-state index contributed by atoms with van der Waals surface area (Å²) in [5.41, 5.74) is 3.74. The Hall–Kier alpha value is -1.52. The highest BCUT2D eigenvalue weighted by atomic mass is 79.9. The number of hydrogen-bond acceptors (Lipinski definition) is 2. The quantitative estimate of drug-likeness (QED) is 0.670. The molecule has 0 aliphatic heterocycles. The fraction of sp³-hybridized carbons (Fsp3) is 0.316. The van der Waals surface area contributed by atoms with E-state index >= 15 is 0 Å². The Morgan fingerprint density at radius 2 is 1.96 bits per heavy atom. The highest BCUT2D eigenvalue weighted by Crippen LogP contribution is 2.35. The molecule has 0 bridgehead atoms. The van der Waals surface area contributed by atoms with Gasteiger partial charge >= 0.3 is 0 Å². The molecule has 0 heterocycles. The number of amides is 1. The lowest BCUT2D eigenvalue weighted by Gasteiger charge is -2.15. The number of rotatable bonds is 5. The maximum atomic E-state index is 12.2. The smallest absolute Gasteiger partial charge is 0.262 e. The van der Waals surface area contributed by atoms with Crippen LogP contribution in [0.15, 0.2) is 34.8 Å². The molecule has 24 heavy (non-hydrogen) atoms. The topological polar surface area (TPSA) is 38.3 Å². The number of anilines is 1. The fourth-order valence-electron chi connectivity index (χ4n) is 2.45. The molecule has 0 fully saturated rings. The Bertz CT molecular complexity index is 759. The molecular weight excluding hydrogens is 390 g/mol. The molecule has 0 saturated heterocycles. The van der Waals surface area contributed by atoms with Gasteiger partial charge in [-0.25, -0.2) is 0 Å². The third-order valence-corrected chi connectivity index (χ3v) is 5.35. The number of carbonyl (C=O) groups is 1. The molecule has 0 aromatic heterocycles. The lowest BCUT2D eigenvalue weighted by molar-refractivity contribution is -0.118. The molecule has 0 unspecified atom stereocenters. The molecule has 2 aromatic carbocycles. The van der Waals surface area contributed by atoms with E-state index in [0.29, 0.717) is 16.7 Å². The molecule has 0 aliphatic carbocycles. The van der Waals surface area contributed by atoms with Gasteiger partial charge in [0.15, 0.2) is 6.61 Å². The molecule has 0 aliphatic rings. The summed E-state index contributed by atoms with van der Waals surface area (Å²) in [6.07, 6.45) is 0. The van der Waals surface area contributed by atoms with Gasteiger partial charge in [-0.3, -0.25) is 4.79 Å². The SMILES string of the molecule is Cc1cc(OCC(=O)Nc2ccccc2C(C)C)c(Br)c(C)c1Cl. The summed E-state index contributed by atoms with van der Waals surface area (Å²) in [6.45, 7) is 7.94. The summed E-state index contributed by atoms with van der Waals surface area (Å²) in [7, 11) is 0. The van der Waals surface area contributed by atoms with E-state index in [4.69, 9.17) is 16.3 Å². The normalized spacial score (nSPS) is 10.8. The number of para-hydroxylation sites is 1. The van der Waals surface area contributed by atoms with Crippen LogP contribution in [0.3, 0.4) is 0 Å². The van der Waals surface area contributed by atoms with Crippen molar-refractivity contribution in [3.8, 4) is 5.75 Å². The van der Waals surface area contributed by atoms with Crippen LogP contribution in [0, 0.1) is 13.8 Å². The van der Waals surface area contributed by atoms with Crippen molar-refractivity contribution in [3.63, 3.8) is 0 Å². The minimum absolute atomic E-state index is 0.0639. The Kier molecular flexibility index (Phi) is 6.30. The first-order chi connectivity index (χ1) is 11.3. The maximum Gasteiger partial charge on any atom is 0.262 e. The van der Waals surface area contributed by atoms with Crippen LogP contribution in [0.25, 0.3) is 0 Å². The molecule has 0 saturated carbocycles. The summed E-state index contributed by atoms with van der Waals surface area (Å²) >= 11 is 9.68. The van der Waals surface area contributed by atoms with Crippen LogP contribution in [-0.2, 0) is 4.79 Å². The van der Waals surface area contributed by atoms with Gasteiger partial charge in [0.25, 0.3) is 5.91 Å². The van der Waals surface area contributed by atoms with Crippen LogP contribution in [0.5, 0.6) is 5.75 Å². The van der Waals surface area contributed by atoms with Crippen LogP contribution in [0.1, 0.15) is 36.5 Å². The van der Waals surface area contributed by atoms with Gasteiger partial charge in [0.2, 0.25) is 0 Å². The standard InChI is InChI=1S/C19H21BrClNO2/c1-11(2)14-7-5-6-8-15(14)22-17(23)10-24-16-9-12(3)19(21)13(4)18(16)20/h5-9,11H,10H2,1-4H3,(H,22,23). The van der Waals surface area contributed by atoms with E-state index in [1.54, 1.807) is 0 Å². The first-order valence-corrected chi connectivity index (χ1v) is 8.95. The second kappa shape index (κ2) is 8.04. The van der Waals surface area contributed by atoms with Crippen LogP contribution in [0.4, 0.5) is 5.69 Å². The van der Waals surface area contributed by atoms with E-state index in [9.17, 15) is 4.79 Å². The van der Waals surface area contributed by atoms with Crippen LogP contribution < -0.4 is 10.1 Å². The molecule has 1 amide bonds. The van der Waals surface area contributed by atoms with Crippen molar-refractivity contribution < 1.29 is 9.53 Å². The third kappa shape index (κ3) is 4.31. The number of benzene rings is 2. The number of aryl methyl sites for hydroxylation is 1. The Morgan fingerprint density at radius 3 is 2.62 bits per heavy atom. The molecule has 128 valence electrons. The largest absolute Gasteiger partial charge is 0.483 e. The summed E-state index contributed by atoms with van der Waals surface area (Å²) in [4.78, 5) is 12.2. The van der Waals surface area contributed by atoms with Gasteiger partial charge in [-0.1, -0.05) is 43.6 Å². The summed E-state index contributed by atoms with van der Waals surface area (Å²) < 4.78 is 6.44. The van der Waals surface area contributed by atoms with Crippen molar-refractivity contribution >= 4 is 39.1 Å². The summed E-state index contributed by atoms with van der Waals surface area (Å²) in [5.74, 6) is 0.750. The molecule has 5 heteroatoms. The van der Waals surface area contributed by atoms with E-state index in [2.05, 4.69) is 35.1 Å². The van der Waals surface area contributed by atoms with Crippen LogP contribution >= 0.6 is 27.5 Å². The van der Waals surface area contributed by atoms with Crippen molar-refractivity contribution in [2.45, 2.75) is 33.6 Å².